The van der Waals surface area contributed by atoms with Crippen molar-refractivity contribution in [3.63, 3.8) is 0 Å². The van der Waals surface area contributed by atoms with Crippen molar-refractivity contribution in [2.45, 2.75) is 64.8 Å². The van der Waals surface area contributed by atoms with Gasteiger partial charge in [0.05, 0.1) is 0 Å². The molecule has 5 amide bonds. The van der Waals surface area contributed by atoms with Crippen molar-refractivity contribution in [3.8, 4) is 0 Å². The predicted octanol–water partition coefficient (Wildman–Crippen LogP) is 3.34. The van der Waals surface area contributed by atoms with E-state index in [0.29, 0.717) is 12.1 Å². The normalized spacial score (nSPS) is 22.3. The van der Waals surface area contributed by atoms with E-state index in [1.54, 1.807) is 12.1 Å². The summed E-state index contributed by atoms with van der Waals surface area (Å²) in [6.07, 6.45) is 6.82. The van der Waals surface area contributed by atoms with Crippen LogP contribution in [0.2, 0.25) is 0 Å². The number of imide groups is 2. The highest BCUT2D eigenvalue weighted by Crippen LogP contribution is 2.31. The Kier molecular flexibility index (Phi) is 6.67. The number of nitrogens with one attached hydrogen (secondary N) is 1. The summed E-state index contributed by atoms with van der Waals surface area (Å²) in [5.41, 5.74) is 1.79. The molecule has 0 unspecified atom stereocenters. The van der Waals surface area contributed by atoms with E-state index in [9.17, 15) is 19.2 Å². The number of amides is 5. The van der Waals surface area contributed by atoms with Gasteiger partial charge in [0.1, 0.15) is 6.54 Å². The molecule has 2 aliphatic rings. The van der Waals surface area contributed by atoms with E-state index < -0.39 is 30.3 Å². The first-order valence-corrected chi connectivity index (χ1v) is 10.5. The van der Waals surface area contributed by atoms with Gasteiger partial charge in [0, 0.05) is 11.7 Å². The molecule has 1 aliphatic heterocycles. The minimum atomic E-state index is -0.919. The summed E-state index contributed by atoms with van der Waals surface area (Å²) in [7, 11) is 0. The molecule has 1 aromatic carbocycles. The Bertz CT molecular complexity index is 790. The smallest absolute Gasteiger partial charge is 0.325 e. The van der Waals surface area contributed by atoms with Gasteiger partial charge in [-0.25, -0.2) is 9.69 Å². The van der Waals surface area contributed by atoms with E-state index in [2.05, 4.69) is 12.2 Å². The first-order valence-electron chi connectivity index (χ1n) is 10.5. The van der Waals surface area contributed by atoms with E-state index in [1.807, 2.05) is 19.1 Å². The van der Waals surface area contributed by atoms with Crippen LogP contribution in [-0.4, -0.2) is 46.1 Å². The molecule has 1 saturated carbocycles. The summed E-state index contributed by atoms with van der Waals surface area (Å²) >= 11 is 0. The Labute approximate surface area is 171 Å². The van der Waals surface area contributed by atoms with Crippen molar-refractivity contribution < 1.29 is 19.2 Å². The van der Waals surface area contributed by atoms with Crippen LogP contribution in [0.1, 0.15) is 57.9 Å². The van der Waals surface area contributed by atoms with Gasteiger partial charge in [-0.15, -0.1) is 0 Å². The van der Waals surface area contributed by atoms with Crippen molar-refractivity contribution >= 4 is 29.4 Å². The van der Waals surface area contributed by atoms with E-state index in [-0.39, 0.29) is 12.0 Å². The predicted molar refractivity (Wildman–Crippen MR) is 109 cm³/mol. The molecule has 0 radical (unpaired) electrons. The van der Waals surface area contributed by atoms with Gasteiger partial charge in [0.15, 0.2) is 0 Å². The number of benzene rings is 1. The van der Waals surface area contributed by atoms with E-state index in [4.69, 9.17) is 0 Å². The fraction of sp³-hybridized carbons (Fsp3) is 0.545. The van der Waals surface area contributed by atoms with E-state index in [0.717, 1.165) is 48.3 Å². The molecule has 1 saturated heterocycles. The number of nitrogens with zero attached hydrogens (tertiary/aromatic N) is 2. The molecular formula is C22H29N3O4. The maximum atomic E-state index is 12.7. The maximum absolute atomic E-state index is 12.7. The first kappa shape index (κ1) is 21.0. The topological polar surface area (TPSA) is 86.8 Å². The number of anilines is 1. The molecule has 1 aromatic rings. The van der Waals surface area contributed by atoms with Crippen LogP contribution in [0, 0.1) is 5.92 Å². The molecule has 0 bridgehead atoms. The molecule has 3 rings (SSSR count). The average molecular weight is 399 g/mol. The SMILES string of the molecule is CCCCc1ccc(NC(=O)CN2C(=O)C(=O)N([C@@H]3CCCC[C@H]3C)C2=O)cc1. The highest BCUT2D eigenvalue weighted by molar-refractivity contribution is 6.45. The van der Waals surface area contributed by atoms with Crippen LogP contribution in [0.3, 0.4) is 0 Å². The summed E-state index contributed by atoms with van der Waals surface area (Å²) < 4.78 is 0. The van der Waals surface area contributed by atoms with Crippen LogP contribution >= 0.6 is 0 Å². The standard InChI is InChI=1S/C22H29N3O4/c1-3-4-8-16-10-12-17(13-11-16)23-19(26)14-24-20(27)21(28)25(22(24)29)18-9-6-5-7-15(18)2/h10-13,15,18H,3-9,14H2,1-2H3,(H,23,26)/t15-,18-/m1/s1. The van der Waals surface area contributed by atoms with Crippen LogP contribution in [0.4, 0.5) is 10.5 Å². The highest BCUT2D eigenvalue weighted by atomic mass is 16.2. The second-order valence-electron chi connectivity index (χ2n) is 8.03. The largest absolute Gasteiger partial charge is 0.334 e. The Hall–Kier alpha value is -2.70. The Morgan fingerprint density at radius 3 is 2.41 bits per heavy atom. The number of hydrogen-bond acceptors (Lipinski definition) is 4. The lowest BCUT2D eigenvalue weighted by Crippen LogP contribution is -2.46. The zero-order valence-corrected chi connectivity index (χ0v) is 17.1. The van der Waals surface area contributed by atoms with Crippen molar-refractivity contribution in [3.05, 3.63) is 29.8 Å². The highest BCUT2D eigenvalue weighted by Gasteiger charge is 2.49. The van der Waals surface area contributed by atoms with Gasteiger partial charge in [0.25, 0.3) is 0 Å². The summed E-state index contributed by atoms with van der Waals surface area (Å²) in [6.45, 7) is 3.67. The summed E-state index contributed by atoms with van der Waals surface area (Å²) in [5, 5.41) is 2.70. The third-order valence-electron chi connectivity index (χ3n) is 5.84. The third kappa shape index (κ3) is 4.66. The van der Waals surface area contributed by atoms with Crippen LogP contribution in [-0.2, 0) is 20.8 Å². The van der Waals surface area contributed by atoms with Gasteiger partial charge in [-0.2, -0.15) is 0 Å². The second-order valence-corrected chi connectivity index (χ2v) is 8.03. The first-order chi connectivity index (χ1) is 13.9. The minimum Gasteiger partial charge on any atom is -0.325 e. The van der Waals surface area contributed by atoms with Gasteiger partial charge < -0.3 is 5.32 Å². The van der Waals surface area contributed by atoms with Gasteiger partial charge in [-0.1, -0.05) is 45.2 Å². The van der Waals surface area contributed by atoms with Crippen molar-refractivity contribution in [1.29, 1.82) is 0 Å². The molecule has 1 aliphatic carbocycles. The Balaban J connectivity index is 1.61. The van der Waals surface area contributed by atoms with Gasteiger partial charge in [-0.05, 0) is 49.3 Å². The van der Waals surface area contributed by atoms with Crippen LogP contribution in [0.25, 0.3) is 0 Å². The molecular weight excluding hydrogens is 370 g/mol. The van der Waals surface area contributed by atoms with Crippen molar-refractivity contribution in [2.75, 3.05) is 11.9 Å². The van der Waals surface area contributed by atoms with E-state index in [1.165, 1.54) is 5.56 Å². The van der Waals surface area contributed by atoms with Crippen LogP contribution in [0.5, 0.6) is 0 Å². The Morgan fingerprint density at radius 1 is 1.07 bits per heavy atom. The molecule has 1 heterocycles. The summed E-state index contributed by atoms with van der Waals surface area (Å²) in [5.74, 6) is -2.08. The Morgan fingerprint density at radius 2 is 1.76 bits per heavy atom. The van der Waals surface area contributed by atoms with Crippen LogP contribution in [0.15, 0.2) is 24.3 Å². The van der Waals surface area contributed by atoms with Crippen molar-refractivity contribution in [1.82, 2.24) is 9.80 Å². The van der Waals surface area contributed by atoms with Gasteiger partial charge in [-0.3, -0.25) is 19.3 Å². The van der Waals surface area contributed by atoms with Gasteiger partial charge in [0.2, 0.25) is 5.91 Å². The molecule has 7 heteroatoms. The number of urea groups is 1. The zero-order valence-electron chi connectivity index (χ0n) is 17.1. The molecule has 0 spiro atoms. The van der Waals surface area contributed by atoms with Gasteiger partial charge >= 0.3 is 17.8 Å². The third-order valence-corrected chi connectivity index (χ3v) is 5.84. The monoisotopic (exact) mass is 399 g/mol. The lowest BCUT2D eigenvalue weighted by molar-refractivity contribution is -0.145. The second kappa shape index (κ2) is 9.20. The fourth-order valence-corrected chi connectivity index (χ4v) is 4.11. The maximum Gasteiger partial charge on any atom is 0.334 e. The zero-order chi connectivity index (χ0) is 21.0. The quantitative estimate of drug-likeness (QED) is 0.563. The number of carbonyl (C=O) groups is 4. The van der Waals surface area contributed by atoms with Crippen LogP contribution < -0.4 is 5.32 Å². The fourth-order valence-electron chi connectivity index (χ4n) is 4.11. The summed E-state index contributed by atoms with van der Waals surface area (Å²) in [6, 6.07) is 6.57. The molecule has 2 atom stereocenters. The number of rotatable bonds is 7. The molecule has 156 valence electrons. The van der Waals surface area contributed by atoms with Crippen molar-refractivity contribution in [2.24, 2.45) is 5.92 Å². The minimum absolute atomic E-state index is 0.157. The average Bonchev–Trinajstić information content (AvgIpc) is 2.91. The molecule has 29 heavy (non-hydrogen) atoms. The number of unbranched alkanes of at least 4 members (excludes halogenated alkanes) is 1. The van der Waals surface area contributed by atoms with E-state index >= 15 is 0 Å². The lowest BCUT2D eigenvalue weighted by atomic mass is 9.85. The molecule has 2 fully saturated rings. The molecule has 0 aromatic heterocycles. The summed E-state index contributed by atoms with van der Waals surface area (Å²) in [4.78, 5) is 51.7. The number of hydrogen-bond donors (Lipinski definition) is 1. The number of carbonyl (C=O) groups excluding carboxylic acids is 4. The lowest BCUT2D eigenvalue weighted by Gasteiger charge is -2.34. The molecule has 1 N–H and O–H groups in total. The molecule has 7 nitrogen and oxygen atoms in total. The number of aryl methyl sites for hydroxylation is 1.